The summed E-state index contributed by atoms with van der Waals surface area (Å²) in [6.07, 6.45) is 0. The fourth-order valence-corrected chi connectivity index (χ4v) is 3.79. The molecule has 0 radical (unpaired) electrons. The summed E-state index contributed by atoms with van der Waals surface area (Å²) >= 11 is 0. The molecule has 29 heavy (non-hydrogen) atoms. The van der Waals surface area contributed by atoms with Crippen molar-refractivity contribution in [3.05, 3.63) is 94.8 Å². The largest absolute Gasteiger partial charge is 0.322 e. The molecule has 0 aliphatic heterocycles. The second-order valence-electron chi connectivity index (χ2n) is 6.73. The van der Waals surface area contributed by atoms with E-state index in [-0.39, 0.29) is 17.3 Å². The lowest BCUT2D eigenvalue weighted by Crippen LogP contribution is -2.23. The Morgan fingerprint density at radius 1 is 0.931 bits per heavy atom. The van der Waals surface area contributed by atoms with Crippen molar-refractivity contribution in [3.63, 3.8) is 0 Å². The Hall–Kier alpha value is -3.03. The van der Waals surface area contributed by atoms with E-state index >= 15 is 0 Å². The van der Waals surface area contributed by atoms with E-state index in [1.807, 2.05) is 13.8 Å². The molecule has 0 heterocycles. The number of rotatable bonds is 6. The van der Waals surface area contributed by atoms with Crippen LogP contribution in [0.1, 0.15) is 27.0 Å². The highest BCUT2D eigenvalue weighted by molar-refractivity contribution is 7.89. The molecule has 5 nitrogen and oxygen atoms in total. The Morgan fingerprint density at radius 2 is 1.66 bits per heavy atom. The Labute approximate surface area is 169 Å². The number of nitrogens with one attached hydrogen (secondary N) is 2. The van der Waals surface area contributed by atoms with Crippen LogP contribution in [0.4, 0.5) is 10.1 Å². The molecule has 0 saturated carbocycles. The van der Waals surface area contributed by atoms with Crippen molar-refractivity contribution >= 4 is 21.6 Å². The topological polar surface area (TPSA) is 75.3 Å². The Morgan fingerprint density at radius 3 is 2.31 bits per heavy atom. The van der Waals surface area contributed by atoms with Gasteiger partial charge < -0.3 is 5.32 Å². The number of carbonyl (C=O) groups excluding carboxylic acids is 1. The zero-order valence-electron chi connectivity index (χ0n) is 16.1. The van der Waals surface area contributed by atoms with Gasteiger partial charge >= 0.3 is 0 Å². The number of benzene rings is 3. The van der Waals surface area contributed by atoms with E-state index in [1.165, 1.54) is 18.2 Å². The van der Waals surface area contributed by atoms with Gasteiger partial charge in [0, 0.05) is 17.8 Å². The van der Waals surface area contributed by atoms with Crippen LogP contribution < -0.4 is 10.0 Å². The number of sulfonamides is 1. The molecule has 2 N–H and O–H groups in total. The van der Waals surface area contributed by atoms with Crippen molar-refractivity contribution in [2.75, 3.05) is 5.32 Å². The highest BCUT2D eigenvalue weighted by Gasteiger charge is 2.14. The van der Waals surface area contributed by atoms with Crippen molar-refractivity contribution < 1.29 is 17.6 Å². The van der Waals surface area contributed by atoms with Gasteiger partial charge in [-0.25, -0.2) is 17.5 Å². The maximum Gasteiger partial charge on any atom is 0.255 e. The second-order valence-corrected chi connectivity index (χ2v) is 8.50. The second kappa shape index (κ2) is 8.55. The first kappa shape index (κ1) is 20.7. The summed E-state index contributed by atoms with van der Waals surface area (Å²) in [6.45, 7) is 3.88. The molecule has 150 valence electrons. The molecule has 0 saturated heterocycles. The highest BCUT2D eigenvalue weighted by Crippen LogP contribution is 2.16. The third-order valence-electron chi connectivity index (χ3n) is 4.55. The van der Waals surface area contributed by atoms with Gasteiger partial charge in [-0.05, 0) is 73.0 Å². The van der Waals surface area contributed by atoms with Crippen LogP contribution in [-0.4, -0.2) is 14.3 Å². The van der Waals surface area contributed by atoms with Crippen LogP contribution in [0.5, 0.6) is 0 Å². The summed E-state index contributed by atoms with van der Waals surface area (Å²) in [6, 6.07) is 17.1. The van der Waals surface area contributed by atoms with Crippen LogP contribution in [0.3, 0.4) is 0 Å². The summed E-state index contributed by atoms with van der Waals surface area (Å²) in [5.74, 6) is -0.813. The molecule has 7 heteroatoms. The first-order valence-electron chi connectivity index (χ1n) is 8.97. The summed E-state index contributed by atoms with van der Waals surface area (Å²) in [4.78, 5) is 12.5. The van der Waals surface area contributed by atoms with Crippen molar-refractivity contribution in [2.45, 2.75) is 25.3 Å². The molecule has 0 bridgehead atoms. The molecule has 0 atom stereocenters. The van der Waals surface area contributed by atoms with E-state index in [1.54, 1.807) is 48.5 Å². The molecule has 1 amide bonds. The minimum Gasteiger partial charge on any atom is -0.322 e. The van der Waals surface area contributed by atoms with Gasteiger partial charge in [0.15, 0.2) is 0 Å². The van der Waals surface area contributed by atoms with Crippen LogP contribution in [0.15, 0.2) is 71.6 Å². The minimum atomic E-state index is -3.63. The monoisotopic (exact) mass is 412 g/mol. The molecular weight excluding hydrogens is 391 g/mol. The number of hydrogen-bond donors (Lipinski definition) is 2. The van der Waals surface area contributed by atoms with E-state index in [4.69, 9.17) is 0 Å². The minimum absolute atomic E-state index is 0.0983. The molecule has 0 fully saturated rings. The smallest absolute Gasteiger partial charge is 0.255 e. The third-order valence-corrected chi connectivity index (χ3v) is 5.95. The summed E-state index contributed by atoms with van der Waals surface area (Å²) < 4.78 is 40.7. The first-order chi connectivity index (χ1) is 13.7. The van der Waals surface area contributed by atoms with Gasteiger partial charge in [0.25, 0.3) is 5.91 Å². The lowest BCUT2D eigenvalue weighted by molar-refractivity contribution is 0.102. The van der Waals surface area contributed by atoms with Gasteiger partial charge in [0.2, 0.25) is 10.0 Å². The van der Waals surface area contributed by atoms with Crippen LogP contribution in [-0.2, 0) is 16.6 Å². The van der Waals surface area contributed by atoms with Crippen molar-refractivity contribution in [2.24, 2.45) is 0 Å². The third kappa shape index (κ3) is 5.28. The van der Waals surface area contributed by atoms with Crippen molar-refractivity contribution in [1.82, 2.24) is 4.72 Å². The summed E-state index contributed by atoms with van der Waals surface area (Å²) in [7, 11) is -3.63. The van der Waals surface area contributed by atoms with E-state index in [9.17, 15) is 17.6 Å². The number of hydrogen-bond acceptors (Lipinski definition) is 3. The molecule has 3 aromatic carbocycles. The lowest BCUT2D eigenvalue weighted by Gasteiger charge is -2.10. The van der Waals surface area contributed by atoms with E-state index in [2.05, 4.69) is 10.0 Å². The fourth-order valence-electron chi connectivity index (χ4n) is 2.69. The maximum atomic E-state index is 13.2. The number of carbonyl (C=O) groups is 1. The predicted molar refractivity (Wildman–Crippen MR) is 111 cm³/mol. The fraction of sp³-hybridized carbons (Fsp3) is 0.136. The molecular formula is C22H21FN2O3S. The quantitative estimate of drug-likeness (QED) is 0.638. The van der Waals surface area contributed by atoms with Gasteiger partial charge in [-0.15, -0.1) is 0 Å². The van der Waals surface area contributed by atoms with Crippen LogP contribution in [0.25, 0.3) is 0 Å². The standard InChI is InChI=1S/C22H21FN2O3S/c1-15-6-11-21(12-16(15)2)29(27,28)24-14-17-7-9-18(10-8-17)22(26)25-20-5-3-4-19(23)13-20/h3-13,24H,14H2,1-2H3,(H,25,26). The van der Waals surface area contributed by atoms with Gasteiger partial charge in [0.1, 0.15) is 5.82 Å². The molecule has 0 aliphatic rings. The normalized spacial score (nSPS) is 11.3. The van der Waals surface area contributed by atoms with Gasteiger partial charge in [-0.2, -0.15) is 0 Å². The van der Waals surface area contributed by atoms with Crippen molar-refractivity contribution in [1.29, 1.82) is 0 Å². The van der Waals surface area contributed by atoms with E-state index < -0.39 is 15.8 Å². The zero-order chi connectivity index (χ0) is 21.0. The number of aryl methyl sites for hydroxylation is 2. The molecule has 0 unspecified atom stereocenters. The predicted octanol–water partition coefficient (Wildman–Crippen LogP) is 4.17. The van der Waals surface area contributed by atoms with E-state index in [0.29, 0.717) is 16.8 Å². The molecule has 3 rings (SSSR count). The lowest BCUT2D eigenvalue weighted by atomic mass is 10.1. The Bertz CT molecular complexity index is 1140. The Kier molecular flexibility index (Phi) is 6.10. The molecule has 0 spiro atoms. The number of halogens is 1. The van der Waals surface area contributed by atoms with Crippen LogP contribution >= 0.6 is 0 Å². The van der Waals surface area contributed by atoms with Crippen LogP contribution in [0, 0.1) is 19.7 Å². The van der Waals surface area contributed by atoms with Crippen molar-refractivity contribution in [3.8, 4) is 0 Å². The SMILES string of the molecule is Cc1ccc(S(=O)(=O)NCc2ccc(C(=O)Nc3cccc(F)c3)cc2)cc1C. The Balaban J connectivity index is 1.64. The average molecular weight is 412 g/mol. The van der Waals surface area contributed by atoms with Crippen LogP contribution in [0.2, 0.25) is 0 Å². The van der Waals surface area contributed by atoms with E-state index in [0.717, 1.165) is 11.1 Å². The van der Waals surface area contributed by atoms with Gasteiger partial charge in [0.05, 0.1) is 4.90 Å². The first-order valence-corrected chi connectivity index (χ1v) is 10.5. The summed E-state index contributed by atoms with van der Waals surface area (Å²) in [5.41, 5.74) is 3.38. The molecule has 0 aromatic heterocycles. The highest BCUT2D eigenvalue weighted by atomic mass is 32.2. The zero-order valence-corrected chi connectivity index (χ0v) is 16.9. The maximum absolute atomic E-state index is 13.2. The summed E-state index contributed by atoms with van der Waals surface area (Å²) in [5, 5.41) is 2.62. The number of anilines is 1. The van der Waals surface area contributed by atoms with Gasteiger partial charge in [-0.1, -0.05) is 24.3 Å². The average Bonchev–Trinajstić information content (AvgIpc) is 2.69. The molecule has 0 aliphatic carbocycles. The van der Waals surface area contributed by atoms with Gasteiger partial charge in [-0.3, -0.25) is 4.79 Å². The number of amides is 1. The molecule has 3 aromatic rings.